The van der Waals surface area contributed by atoms with Crippen molar-refractivity contribution in [1.82, 2.24) is 20.0 Å². The summed E-state index contributed by atoms with van der Waals surface area (Å²) in [4.78, 5) is 22.6. The summed E-state index contributed by atoms with van der Waals surface area (Å²) >= 11 is 0. The molecule has 2 aromatic carbocycles. The van der Waals surface area contributed by atoms with Gasteiger partial charge in [0.15, 0.2) is 5.82 Å². The number of rotatable bonds is 6. The van der Waals surface area contributed by atoms with E-state index in [0.29, 0.717) is 23.1 Å². The zero-order chi connectivity index (χ0) is 21.8. The molecule has 0 fully saturated rings. The topological polar surface area (TPSA) is 125 Å². The van der Waals surface area contributed by atoms with Crippen LogP contribution in [0.2, 0.25) is 0 Å². The van der Waals surface area contributed by atoms with Crippen LogP contribution in [-0.2, 0) is 0 Å². The molecule has 0 radical (unpaired) electrons. The van der Waals surface area contributed by atoms with Crippen LogP contribution in [0.15, 0.2) is 72.9 Å². The zero-order valence-corrected chi connectivity index (χ0v) is 16.3. The number of nitro groups is 1. The summed E-state index contributed by atoms with van der Waals surface area (Å²) in [6.45, 7) is 1.89. The third-order valence-electron chi connectivity index (χ3n) is 4.24. The lowest BCUT2D eigenvalue weighted by molar-refractivity contribution is -0.384. The minimum Gasteiger partial charge on any atom is -0.438 e. The number of non-ortho nitro benzene ring substituents is 1. The summed E-state index contributed by atoms with van der Waals surface area (Å²) in [5.41, 5.74) is 1.43. The van der Waals surface area contributed by atoms with Gasteiger partial charge in [-0.3, -0.25) is 14.9 Å². The van der Waals surface area contributed by atoms with Gasteiger partial charge < -0.3 is 10.1 Å². The standard InChI is InChI=1S/C21H16N6O4/c1-14-11-12-26(25-14)19-9-10-20(24-23-19)31-18-7-5-16(6-8-18)22-21(28)15-3-2-4-17(13-15)27(29)30/h2-13H,1H3,(H,22,28). The third-order valence-corrected chi connectivity index (χ3v) is 4.24. The van der Waals surface area contributed by atoms with Gasteiger partial charge in [0.05, 0.1) is 10.6 Å². The van der Waals surface area contributed by atoms with Gasteiger partial charge in [-0.2, -0.15) is 5.10 Å². The number of nitro benzene ring substituents is 1. The number of aromatic nitrogens is 4. The van der Waals surface area contributed by atoms with Crippen molar-refractivity contribution in [2.75, 3.05) is 5.32 Å². The number of benzene rings is 2. The molecule has 0 saturated carbocycles. The van der Waals surface area contributed by atoms with Gasteiger partial charge in [0.25, 0.3) is 11.6 Å². The van der Waals surface area contributed by atoms with E-state index >= 15 is 0 Å². The van der Waals surface area contributed by atoms with Crippen LogP contribution in [0.3, 0.4) is 0 Å². The predicted octanol–water partition coefficient (Wildman–Crippen LogP) is 3.92. The number of anilines is 1. The van der Waals surface area contributed by atoms with E-state index in [9.17, 15) is 14.9 Å². The Morgan fingerprint density at radius 2 is 1.87 bits per heavy atom. The molecule has 1 amide bonds. The molecule has 2 heterocycles. The fourth-order valence-corrected chi connectivity index (χ4v) is 2.72. The molecule has 4 rings (SSSR count). The van der Waals surface area contributed by atoms with Crippen molar-refractivity contribution in [3.05, 3.63) is 94.3 Å². The Kier molecular flexibility index (Phi) is 5.35. The second kappa shape index (κ2) is 8.41. The van der Waals surface area contributed by atoms with Crippen molar-refractivity contribution in [1.29, 1.82) is 0 Å². The second-order valence-electron chi connectivity index (χ2n) is 6.52. The number of amides is 1. The SMILES string of the molecule is Cc1ccn(-c2ccc(Oc3ccc(NC(=O)c4cccc([N+](=O)[O-])c4)cc3)nn2)n1. The fraction of sp³-hybridized carbons (Fsp3) is 0.0476. The van der Waals surface area contributed by atoms with E-state index in [0.717, 1.165) is 5.69 Å². The average Bonchev–Trinajstić information content (AvgIpc) is 3.22. The highest BCUT2D eigenvalue weighted by atomic mass is 16.6. The van der Waals surface area contributed by atoms with Gasteiger partial charge >= 0.3 is 0 Å². The molecule has 0 aliphatic rings. The Labute approximate surface area is 176 Å². The van der Waals surface area contributed by atoms with E-state index in [1.165, 1.54) is 24.3 Å². The summed E-state index contributed by atoms with van der Waals surface area (Å²) in [6, 6.07) is 17.4. The van der Waals surface area contributed by atoms with Gasteiger partial charge in [0, 0.05) is 35.6 Å². The smallest absolute Gasteiger partial charge is 0.270 e. The molecule has 1 N–H and O–H groups in total. The van der Waals surface area contributed by atoms with Gasteiger partial charge in [-0.15, -0.1) is 10.2 Å². The summed E-state index contributed by atoms with van der Waals surface area (Å²) < 4.78 is 7.29. The molecule has 0 atom stereocenters. The van der Waals surface area contributed by atoms with Crippen molar-refractivity contribution >= 4 is 17.3 Å². The highest BCUT2D eigenvalue weighted by Gasteiger charge is 2.12. The molecule has 154 valence electrons. The van der Waals surface area contributed by atoms with Crippen LogP contribution in [0.4, 0.5) is 11.4 Å². The first-order chi connectivity index (χ1) is 15.0. The largest absolute Gasteiger partial charge is 0.438 e. The molecule has 4 aromatic rings. The van der Waals surface area contributed by atoms with Gasteiger partial charge in [0.1, 0.15) is 5.75 Å². The summed E-state index contributed by atoms with van der Waals surface area (Å²) in [5.74, 6) is 0.929. The minimum atomic E-state index is -0.547. The first-order valence-corrected chi connectivity index (χ1v) is 9.18. The van der Waals surface area contributed by atoms with Crippen LogP contribution in [0, 0.1) is 17.0 Å². The molecule has 0 bridgehead atoms. The molecule has 10 heteroatoms. The monoisotopic (exact) mass is 416 g/mol. The highest BCUT2D eigenvalue weighted by molar-refractivity contribution is 6.04. The van der Waals surface area contributed by atoms with Gasteiger partial charge in [-0.25, -0.2) is 4.68 Å². The molecular formula is C21H16N6O4. The van der Waals surface area contributed by atoms with Gasteiger partial charge in [-0.05, 0) is 49.4 Å². The number of carbonyl (C=O) groups is 1. The molecule has 31 heavy (non-hydrogen) atoms. The second-order valence-corrected chi connectivity index (χ2v) is 6.52. The van der Waals surface area contributed by atoms with E-state index in [1.807, 2.05) is 13.0 Å². The van der Waals surface area contributed by atoms with Crippen molar-refractivity contribution < 1.29 is 14.5 Å². The summed E-state index contributed by atoms with van der Waals surface area (Å²) in [7, 11) is 0. The Morgan fingerprint density at radius 1 is 1.06 bits per heavy atom. The molecule has 0 saturated heterocycles. The van der Waals surface area contributed by atoms with Crippen molar-refractivity contribution in [3.63, 3.8) is 0 Å². The van der Waals surface area contributed by atoms with Crippen molar-refractivity contribution in [2.45, 2.75) is 6.92 Å². The maximum Gasteiger partial charge on any atom is 0.270 e. The predicted molar refractivity (Wildman–Crippen MR) is 111 cm³/mol. The van der Waals surface area contributed by atoms with Crippen LogP contribution >= 0.6 is 0 Å². The number of aryl methyl sites for hydroxylation is 1. The fourth-order valence-electron chi connectivity index (χ4n) is 2.72. The number of carbonyl (C=O) groups excluding carboxylic acids is 1. The molecule has 0 aliphatic heterocycles. The van der Waals surface area contributed by atoms with E-state index in [2.05, 4.69) is 20.6 Å². The quantitative estimate of drug-likeness (QED) is 0.373. The first kappa shape index (κ1) is 19.7. The molecule has 10 nitrogen and oxygen atoms in total. The van der Waals surface area contributed by atoms with E-state index in [1.54, 1.807) is 47.3 Å². The van der Waals surface area contributed by atoms with Crippen molar-refractivity contribution in [3.8, 4) is 17.4 Å². The number of nitrogens with zero attached hydrogens (tertiary/aromatic N) is 5. The van der Waals surface area contributed by atoms with Crippen LogP contribution in [0.1, 0.15) is 16.1 Å². The maximum absolute atomic E-state index is 12.3. The molecular weight excluding hydrogens is 400 g/mol. The van der Waals surface area contributed by atoms with E-state index in [4.69, 9.17) is 4.74 Å². The zero-order valence-electron chi connectivity index (χ0n) is 16.3. The normalized spacial score (nSPS) is 10.5. The van der Waals surface area contributed by atoms with Crippen molar-refractivity contribution in [2.24, 2.45) is 0 Å². The summed E-state index contributed by atoms with van der Waals surface area (Å²) in [6.07, 6.45) is 1.79. The van der Waals surface area contributed by atoms with E-state index < -0.39 is 10.8 Å². The van der Waals surface area contributed by atoms with Crippen LogP contribution in [0.25, 0.3) is 5.82 Å². The molecule has 2 aromatic heterocycles. The van der Waals surface area contributed by atoms with E-state index in [-0.39, 0.29) is 11.3 Å². The van der Waals surface area contributed by atoms with Crippen LogP contribution < -0.4 is 10.1 Å². The lowest BCUT2D eigenvalue weighted by Crippen LogP contribution is -2.11. The molecule has 0 spiro atoms. The third kappa shape index (κ3) is 4.70. The highest BCUT2D eigenvalue weighted by Crippen LogP contribution is 2.22. The Hall–Kier alpha value is -4.60. The summed E-state index contributed by atoms with van der Waals surface area (Å²) in [5, 5.41) is 25.9. The number of nitrogens with one attached hydrogen (secondary N) is 1. The average molecular weight is 416 g/mol. The number of ether oxygens (including phenoxy) is 1. The van der Waals surface area contributed by atoms with Crippen LogP contribution in [-0.4, -0.2) is 30.8 Å². The Bertz CT molecular complexity index is 1240. The lowest BCUT2D eigenvalue weighted by Gasteiger charge is -2.08. The minimum absolute atomic E-state index is 0.147. The Morgan fingerprint density at radius 3 is 2.52 bits per heavy atom. The Balaban J connectivity index is 1.39. The van der Waals surface area contributed by atoms with Crippen LogP contribution in [0.5, 0.6) is 11.6 Å². The number of hydrogen-bond donors (Lipinski definition) is 1. The van der Waals surface area contributed by atoms with Gasteiger partial charge in [-0.1, -0.05) is 6.07 Å². The maximum atomic E-state index is 12.3. The molecule has 0 unspecified atom stereocenters. The van der Waals surface area contributed by atoms with Gasteiger partial charge in [0.2, 0.25) is 5.88 Å². The molecule has 0 aliphatic carbocycles. The first-order valence-electron chi connectivity index (χ1n) is 9.18. The lowest BCUT2D eigenvalue weighted by atomic mass is 10.2. The number of hydrogen-bond acceptors (Lipinski definition) is 7.